The molecule has 6 N–H and O–H groups in total. The van der Waals surface area contributed by atoms with Gasteiger partial charge in [-0.05, 0) is 23.8 Å². The number of benzene rings is 1. The third kappa shape index (κ3) is 4.27. The molecule has 1 aromatic rings. The number of hydrogen-bond donors (Lipinski definition) is 6. The van der Waals surface area contributed by atoms with Crippen LogP contribution in [-0.4, -0.2) is 66.5 Å². The Morgan fingerprint density at radius 1 is 1.16 bits per heavy atom. The van der Waals surface area contributed by atoms with Crippen molar-refractivity contribution in [2.45, 2.75) is 36.8 Å². The first-order valence-electron chi connectivity index (χ1n) is 7.35. The van der Waals surface area contributed by atoms with Crippen LogP contribution in [0.4, 0.5) is 0 Å². The third-order valence-corrected chi connectivity index (χ3v) is 3.94. The highest BCUT2D eigenvalue weighted by Crippen LogP contribution is 2.31. The summed E-state index contributed by atoms with van der Waals surface area (Å²) in [6.45, 7) is 0. The summed E-state index contributed by atoms with van der Waals surface area (Å²) in [5, 5.41) is 57.0. The second kappa shape index (κ2) is 7.09. The molecule has 1 aliphatic rings. The van der Waals surface area contributed by atoms with Crippen LogP contribution in [0.1, 0.15) is 18.4 Å². The number of aliphatic hydroxyl groups is 3. The van der Waals surface area contributed by atoms with Gasteiger partial charge in [-0.1, -0.05) is 6.07 Å². The second-order valence-corrected chi connectivity index (χ2v) is 5.86. The molecule has 0 aliphatic heterocycles. The summed E-state index contributed by atoms with van der Waals surface area (Å²) < 4.78 is 4.92. The fourth-order valence-corrected chi connectivity index (χ4v) is 2.53. The molecule has 0 bridgehead atoms. The number of esters is 1. The lowest BCUT2D eigenvalue weighted by atomic mass is 9.79. The average Bonchev–Trinajstić information content (AvgIpc) is 2.53. The van der Waals surface area contributed by atoms with Gasteiger partial charge in [-0.15, -0.1) is 0 Å². The van der Waals surface area contributed by atoms with Crippen molar-refractivity contribution in [1.82, 2.24) is 0 Å². The first-order valence-corrected chi connectivity index (χ1v) is 7.35. The lowest BCUT2D eigenvalue weighted by Gasteiger charge is -2.39. The van der Waals surface area contributed by atoms with E-state index < -0.39 is 48.7 Å². The Hall–Kier alpha value is -2.62. The maximum Gasteiger partial charge on any atom is 0.335 e. The van der Waals surface area contributed by atoms with E-state index in [9.17, 15) is 35.1 Å². The minimum absolute atomic E-state index is 0.327. The topological polar surface area (TPSA) is 165 Å². The average molecular weight is 354 g/mol. The summed E-state index contributed by atoms with van der Waals surface area (Å²) in [7, 11) is 0. The molecule has 2 unspecified atom stereocenters. The molecule has 0 heterocycles. The van der Waals surface area contributed by atoms with Crippen molar-refractivity contribution in [2.75, 3.05) is 0 Å². The molecule has 9 heteroatoms. The van der Waals surface area contributed by atoms with Crippen LogP contribution in [-0.2, 0) is 14.3 Å². The quantitative estimate of drug-likeness (QED) is 0.234. The van der Waals surface area contributed by atoms with E-state index in [4.69, 9.17) is 9.84 Å². The highest BCUT2D eigenvalue weighted by molar-refractivity contribution is 5.87. The molecule has 136 valence electrons. The molecule has 2 rings (SSSR count). The maximum atomic E-state index is 11.8. The smallest absolute Gasteiger partial charge is 0.335 e. The largest absolute Gasteiger partial charge is 0.504 e. The van der Waals surface area contributed by atoms with Crippen molar-refractivity contribution in [3.8, 4) is 11.5 Å². The maximum absolute atomic E-state index is 11.8. The van der Waals surface area contributed by atoms with Crippen LogP contribution >= 0.6 is 0 Å². The summed E-state index contributed by atoms with van der Waals surface area (Å²) in [5.74, 6) is -3.24. The van der Waals surface area contributed by atoms with E-state index in [1.165, 1.54) is 24.3 Å². The zero-order valence-corrected chi connectivity index (χ0v) is 12.9. The number of carboxylic acid groups (broad SMARTS) is 1. The van der Waals surface area contributed by atoms with Crippen LogP contribution in [0.3, 0.4) is 0 Å². The lowest BCUT2D eigenvalue weighted by Crippen LogP contribution is -2.57. The summed E-state index contributed by atoms with van der Waals surface area (Å²) in [6.07, 6.45) is -3.44. The van der Waals surface area contributed by atoms with Crippen LogP contribution in [0.15, 0.2) is 24.3 Å². The Balaban J connectivity index is 2.06. The Morgan fingerprint density at radius 3 is 2.44 bits per heavy atom. The van der Waals surface area contributed by atoms with Crippen molar-refractivity contribution >= 4 is 18.0 Å². The lowest BCUT2D eigenvalue weighted by molar-refractivity contribution is -0.196. The molecular formula is C16H18O9. The number of phenols is 2. The number of carbonyl (C=O) groups is 2. The zero-order chi connectivity index (χ0) is 18.8. The Bertz CT molecular complexity index is 699. The van der Waals surface area contributed by atoms with Gasteiger partial charge in [0.15, 0.2) is 17.1 Å². The molecule has 0 amide bonds. The summed E-state index contributed by atoms with van der Waals surface area (Å²) in [5.41, 5.74) is -1.94. The van der Waals surface area contributed by atoms with Gasteiger partial charge in [0.05, 0.1) is 6.10 Å². The van der Waals surface area contributed by atoms with Gasteiger partial charge in [0.1, 0.15) is 12.2 Å². The molecule has 0 spiro atoms. The van der Waals surface area contributed by atoms with E-state index in [-0.39, 0.29) is 11.5 Å². The van der Waals surface area contributed by atoms with Gasteiger partial charge >= 0.3 is 11.9 Å². The molecular weight excluding hydrogens is 336 g/mol. The van der Waals surface area contributed by atoms with Crippen molar-refractivity contribution in [1.29, 1.82) is 0 Å². The number of aliphatic hydroxyl groups excluding tert-OH is 2. The Morgan fingerprint density at radius 2 is 1.84 bits per heavy atom. The van der Waals surface area contributed by atoms with Gasteiger partial charge in [-0.2, -0.15) is 0 Å². The predicted molar refractivity (Wildman–Crippen MR) is 82.5 cm³/mol. The number of carboxylic acids is 1. The third-order valence-electron chi connectivity index (χ3n) is 3.94. The summed E-state index contributed by atoms with van der Waals surface area (Å²) in [4.78, 5) is 22.9. The van der Waals surface area contributed by atoms with Crippen molar-refractivity contribution in [3.63, 3.8) is 0 Å². The van der Waals surface area contributed by atoms with Crippen molar-refractivity contribution in [2.24, 2.45) is 0 Å². The molecule has 1 aromatic carbocycles. The van der Waals surface area contributed by atoms with Gasteiger partial charge in [-0.3, -0.25) is 0 Å². The number of phenolic OH excluding ortho intramolecular Hbond substituents is 2. The molecule has 0 saturated heterocycles. The molecule has 4 atom stereocenters. The minimum atomic E-state index is -2.31. The standard InChI is InChI=1S/C16H18O9/c17-9-3-1-8(5-10(9)18)2-4-13(20)25-12-7-16(24,15(22)23)6-11(19)14(12)21/h1-5,11-12,14,17-19,21,24H,6-7H2,(H,22,23)/t11?,12?,14-,16+/m0/s1. The van der Waals surface area contributed by atoms with Crippen LogP contribution < -0.4 is 0 Å². The van der Waals surface area contributed by atoms with E-state index in [0.717, 1.165) is 6.08 Å². The summed E-state index contributed by atoms with van der Waals surface area (Å²) >= 11 is 0. The SMILES string of the molecule is O=C(C=Cc1ccc(O)c(O)c1)OC1C[C@@](O)(C(=O)O)CC(O)[C@@H]1O. The van der Waals surface area contributed by atoms with Crippen molar-refractivity contribution in [3.05, 3.63) is 29.8 Å². The Kier molecular flexibility index (Phi) is 5.31. The van der Waals surface area contributed by atoms with Gasteiger partial charge in [0.25, 0.3) is 0 Å². The minimum Gasteiger partial charge on any atom is -0.504 e. The fraction of sp³-hybridized carbons (Fsp3) is 0.375. The van der Waals surface area contributed by atoms with Crippen LogP contribution in [0, 0.1) is 0 Å². The monoisotopic (exact) mass is 354 g/mol. The summed E-state index contributed by atoms with van der Waals surface area (Å²) in [6, 6.07) is 3.83. The van der Waals surface area contributed by atoms with Gasteiger partial charge < -0.3 is 35.4 Å². The van der Waals surface area contributed by atoms with Crippen LogP contribution in [0.2, 0.25) is 0 Å². The van der Waals surface area contributed by atoms with E-state index >= 15 is 0 Å². The number of ether oxygens (including phenoxy) is 1. The number of carbonyl (C=O) groups excluding carboxylic acids is 1. The molecule has 1 saturated carbocycles. The molecule has 9 nitrogen and oxygen atoms in total. The van der Waals surface area contributed by atoms with Gasteiger partial charge in [0.2, 0.25) is 0 Å². The van der Waals surface area contributed by atoms with Crippen LogP contribution in [0.5, 0.6) is 11.5 Å². The molecule has 25 heavy (non-hydrogen) atoms. The second-order valence-electron chi connectivity index (χ2n) is 5.86. The van der Waals surface area contributed by atoms with Crippen molar-refractivity contribution < 1.29 is 45.0 Å². The van der Waals surface area contributed by atoms with E-state index in [1.807, 2.05) is 0 Å². The first-order chi connectivity index (χ1) is 11.6. The molecule has 0 radical (unpaired) electrons. The molecule has 1 aliphatic carbocycles. The number of aliphatic carboxylic acids is 1. The Labute approximate surface area is 142 Å². The molecule has 0 aromatic heterocycles. The normalized spacial score (nSPS) is 29.5. The molecule has 1 fully saturated rings. The highest BCUT2D eigenvalue weighted by Gasteiger charge is 2.50. The predicted octanol–water partition coefficient (Wildman–Crippen LogP) is -0.646. The van der Waals surface area contributed by atoms with Gasteiger partial charge in [0, 0.05) is 18.9 Å². The first kappa shape index (κ1) is 18.7. The van der Waals surface area contributed by atoms with Crippen LogP contribution in [0.25, 0.3) is 6.08 Å². The number of rotatable bonds is 4. The highest BCUT2D eigenvalue weighted by atomic mass is 16.6. The number of hydrogen-bond acceptors (Lipinski definition) is 8. The fourth-order valence-electron chi connectivity index (χ4n) is 2.53. The van der Waals surface area contributed by atoms with E-state index in [1.54, 1.807) is 0 Å². The number of aromatic hydroxyl groups is 2. The van der Waals surface area contributed by atoms with E-state index in [2.05, 4.69) is 0 Å². The van der Waals surface area contributed by atoms with E-state index in [0.29, 0.717) is 5.56 Å². The van der Waals surface area contributed by atoms with Gasteiger partial charge in [-0.25, -0.2) is 9.59 Å². The zero-order valence-electron chi connectivity index (χ0n) is 12.9.